The van der Waals surface area contributed by atoms with Crippen LogP contribution < -0.4 is 14.8 Å². The normalized spacial score (nSPS) is 10.2. The first-order chi connectivity index (χ1) is 12.7. The van der Waals surface area contributed by atoms with Crippen molar-refractivity contribution in [2.24, 2.45) is 0 Å². The third-order valence-corrected chi connectivity index (χ3v) is 4.29. The monoisotopic (exact) mass is 343 g/mol. The first kappa shape index (κ1) is 17.5. The largest absolute Gasteiger partial charge is 0.361 e. The van der Waals surface area contributed by atoms with E-state index in [1.807, 2.05) is 67.7 Å². The molecule has 0 atom stereocenters. The van der Waals surface area contributed by atoms with Crippen LogP contribution in [0.3, 0.4) is 0 Å². The fraction of sp³-hybridized carbons (Fsp3) is 0.182. The lowest BCUT2D eigenvalue weighted by Gasteiger charge is -2.26. The zero-order valence-corrected chi connectivity index (χ0v) is 15.2. The van der Waals surface area contributed by atoms with Crippen molar-refractivity contribution in [3.63, 3.8) is 0 Å². The molecular formula is C22H23N4+. The van der Waals surface area contributed by atoms with E-state index in [1.165, 1.54) is 11.1 Å². The van der Waals surface area contributed by atoms with Crippen molar-refractivity contribution < 1.29 is 4.98 Å². The van der Waals surface area contributed by atoms with Gasteiger partial charge in [-0.25, -0.2) is 4.98 Å². The minimum absolute atomic E-state index is 0.657. The summed E-state index contributed by atoms with van der Waals surface area (Å²) in [5.41, 5.74) is 4.02. The Hall–Kier alpha value is -3.32. The molecule has 4 nitrogen and oxygen atoms in total. The molecule has 0 spiro atoms. The average Bonchev–Trinajstić information content (AvgIpc) is 2.68. The number of anilines is 2. The molecule has 1 heterocycles. The summed E-state index contributed by atoms with van der Waals surface area (Å²) in [7, 11) is 3.88. The quantitative estimate of drug-likeness (QED) is 0.686. The molecule has 4 heteroatoms. The third kappa shape index (κ3) is 4.01. The van der Waals surface area contributed by atoms with Gasteiger partial charge in [-0.05, 0) is 11.1 Å². The van der Waals surface area contributed by atoms with Crippen LogP contribution in [0, 0.1) is 11.3 Å². The Morgan fingerprint density at radius 3 is 1.85 bits per heavy atom. The Morgan fingerprint density at radius 2 is 1.38 bits per heavy atom. The Bertz CT molecular complexity index is 842. The fourth-order valence-corrected chi connectivity index (χ4v) is 3.04. The molecule has 0 aliphatic carbocycles. The summed E-state index contributed by atoms with van der Waals surface area (Å²) >= 11 is 0. The van der Waals surface area contributed by atoms with Crippen LogP contribution in [0.4, 0.5) is 11.5 Å². The van der Waals surface area contributed by atoms with Crippen molar-refractivity contribution in [2.45, 2.75) is 13.1 Å². The number of pyridine rings is 1. The van der Waals surface area contributed by atoms with Crippen molar-refractivity contribution in [3.05, 3.63) is 89.6 Å². The Morgan fingerprint density at radius 1 is 0.846 bits per heavy atom. The number of hydrogen-bond acceptors (Lipinski definition) is 3. The van der Waals surface area contributed by atoms with E-state index in [1.54, 1.807) is 0 Å². The number of nitrogens with one attached hydrogen (secondary N) is 1. The zero-order chi connectivity index (χ0) is 18.4. The van der Waals surface area contributed by atoms with Gasteiger partial charge in [-0.1, -0.05) is 60.7 Å². The Balaban J connectivity index is 2.03. The first-order valence-electron chi connectivity index (χ1n) is 8.64. The van der Waals surface area contributed by atoms with E-state index in [9.17, 15) is 5.26 Å². The number of benzene rings is 2. The lowest BCUT2D eigenvalue weighted by molar-refractivity contribution is -0.363. The lowest BCUT2D eigenvalue weighted by Crippen LogP contribution is -2.27. The van der Waals surface area contributed by atoms with Crippen molar-refractivity contribution in [1.29, 1.82) is 5.26 Å². The van der Waals surface area contributed by atoms with Crippen LogP contribution in [-0.2, 0) is 13.1 Å². The molecule has 3 aromatic rings. The molecule has 0 fully saturated rings. The highest BCUT2D eigenvalue weighted by Crippen LogP contribution is 2.27. The molecule has 0 radical (unpaired) electrons. The highest BCUT2D eigenvalue weighted by atomic mass is 15.2. The molecule has 130 valence electrons. The van der Waals surface area contributed by atoms with Gasteiger partial charge in [-0.2, -0.15) is 5.26 Å². The number of aromatic nitrogens is 1. The van der Waals surface area contributed by atoms with E-state index in [0.717, 1.165) is 24.6 Å². The summed E-state index contributed by atoms with van der Waals surface area (Å²) < 4.78 is 0. The molecule has 1 N–H and O–H groups in total. The van der Waals surface area contributed by atoms with Crippen LogP contribution in [0.2, 0.25) is 0 Å². The summed E-state index contributed by atoms with van der Waals surface area (Å²) in [5.74, 6) is 0.816. The van der Waals surface area contributed by atoms with Gasteiger partial charge >= 0.3 is 0 Å². The second kappa shape index (κ2) is 8.17. The van der Waals surface area contributed by atoms with Gasteiger partial charge in [0.1, 0.15) is 6.07 Å². The summed E-state index contributed by atoms with van der Waals surface area (Å²) in [6.45, 7) is 1.47. The van der Waals surface area contributed by atoms with Gasteiger partial charge in [0.05, 0.1) is 26.0 Å². The molecule has 0 amide bonds. The van der Waals surface area contributed by atoms with Gasteiger partial charge in [-0.15, -0.1) is 0 Å². The van der Waals surface area contributed by atoms with Crippen LogP contribution in [0.25, 0.3) is 0 Å². The maximum atomic E-state index is 9.81. The lowest BCUT2D eigenvalue weighted by atomic mass is 10.1. The topological polar surface area (TPSA) is 44.4 Å². The summed E-state index contributed by atoms with van der Waals surface area (Å²) in [6.07, 6.45) is 1.90. The molecule has 0 unspecified atom stereocenters. The fourth-order valence-electron chi connectivity index (χ4n) is 3.04. The van der Waals surface area contributed by atoms with E-state index in [2.05, 4.69) is 40.2 Å². The molecule has 26 heavy (non-hydrogen) atoms. The smallest absolute Gasteiger partial charge is 0.294 e. The molecule has 1 aromatic heterocycles. The van der Waals surface area contributed by atoms with Crippen molar-refractivity contribution in [1.82, 2.24) is 0 Å². The number of hydrogen-bond donors (Lipinski definition) is 0. The minimum Gasteiger partial charge on any atom is -0.361 e. The van der Waals surface area contributed by atoms with Crippen LogP contribution in [0.15, 0.2) is 72.9 Å². The van der Waals surface area contributed by atoms with Gasteiger partial charge in [-0.3, -0.25) is 4.90 Å². The second-order valence-electron chi connectivity index (χ2n) is 6.42. The van der Waals surface area contributed by atoms with E-state index >= 15 is 0 Å². The standard InChI is InChI=1S/C22H22N4/c1-25(2)22-20(15-23)21(13-14-24-22)26(16-18-9-5-3-6-10-18)17-19-11-7-4-8-12-19/h3-14H,16-17H2,1-2H3/p+1. The number of H-pyrrole nitrogens is 1. The molecule has 3 rings (SSSR count). The average molecular weight is 343 g/mol. The molecule has 0 bridgehead atoms. The van der Waals surface area contributed by atoms with Crippen LogP contribution in [-0.4, -0.2) is 14.1 Å². The van der Waals surface area contributed by atoms with Crippen molar-refractivity contribution in [3.8, 4) is 6.07 Å². The van der Waals surface area contributed by atoms with Gasteiger partial charge < -0.3 is 4.90 Å². The van der Waals surface area contributed by atoms with Gasteiger partial charge in [0.15, 0.2) is 5.56 Å². The summed E-state index contributed by atoms with van der Waals surface area (Å²) in [5, 5.41) is 9.81. The predicted octanol–water partition coefficient (Wildman–Crippen LogP) is 3.65. The maximum absolute atomic E-state index is 9.81. The van der Waals surface area contributed by atoms with Gasteiger partial charge in [0.25, 0.3) is 5.82 Å². The second-order valence-corrected chi connectivity index (χ2v) is 6.42. The van der Waals surface area contributed by atoms with Crippen molar-refractivity contribution in [2.75, 3.05) is 23.9 Å². The molecule has 0 saturated heterocycles. The summed E-state index contributed by atoms with van der Waals surface area (Å²) in [6, 6.07) is 25.1. The van der Waals surface area contributed by atoms with Crippen LogP contribution >= 0.6 is 0 Å². The number of rotatable bonds is 6. The van der Waals surface area contributed by atoms with E-state index in [-0.39, 0.29) is 0 Å². The van der Waals surface area contributed by atoms with Crippen molar-refractivity contribution >= 4 is 11.5 Å². The maximum Gasteiger partial charge on any atom is 0.294 e. The number of nitrogens with zero attached hydrogens (tertiary/aromatic N) is 3. The summed E-state index contributed by atoms with van der Waals surface area (Å²) in [4.78, 5) is 7.38. The van der Waals surface area contributed by atoms with E-state index in [0.29, 0.717) is 5.56 Å². The minimum atomic E-state index is 0.657. The van der Waals surface area contributed by atoms with E-state index < -0.39 is 0 Å². The van der Waals surface area contributed by atoms with Crippen LogP contribution in [0.5, 0.6) is 0 Å². The van der Waals surface area contributed by atoms with Gasteiger partial charge in [0, 0.05) is 19.2 Å². The molecule has 2 aromatic carbocycles. The van der Waals surface area contributed by atoms with E-state index in [4.69, 9.17) is 0 Å². The molecule has 0 aliphatic rings. The Labute approximate surface area is 155 Å². The third-order valence-electron chi connectivity index (χ3n) is 4.29. The SMILES string of the molecule is CN(C)c1[nH+]ccc(N(Cc2ccccc2)Cc2ccccc2)c1C#N. The first-order valence-corrected chi connectivity index (χ1v) is 8.64. The molecule has 0 saturated carbocycles. The van der Waals surface area contributed by atoms with Gasteiger partial charge in [0.2, 0.25) is 0 Å². The molecular weight excluding hydrogens is 320 g/mol. The zero-order valence-electron chi connectivity index (χ0n) is 15.2. The number of aromatic amines is 1. The predicted molar refractivity (Wildman–Crippen MR) is 105 cm³/mol. The number of nitriles is 1. The highest BCUT2D eigenvalue weighted by molar-refractivity contribution is 5.67. The molecule has 0 aliphatic heterocycles. The van der Waals surface area contributed by atoms with Crippen LogP contribution in [0.1, 0.15) is 16.7 Å². The Kier molecular flexibility index (Phi) is 5.50. The highest BCUT2D eigenvalue weighted by Gasteiger charge is 2.21.